The van der Waals surface area contributed by atoms with Gasteiger partial charge in [0.05, 0.1) is 7.11 Å². The van der Waals surface area contributed by atoms with Crippen molar-refractivity contribution in [3.05, 3.63) is 29.6 Å². The van der Waals surface area contributed by atoms with Gasteiger partial charge in [-0.2, -0.15) is 0 Å². The van der Waals surface area contributed by atoms with Crippen LogP contribution in [-0.4, -0.2) is 7.11 Å². The lowest BCUT2D eigenvalue weighted by atomic mass is 10.2. The first-order valence-electron chi connectivity index (χ1n) is 4.04. The molecule has 0 spiro atoms. The van der Waals surface area contributed by atoms with E-state index in [0.29, 0.717) is 5.75 Å². The van der Waals surface area contributed by atoms with Crippen LogP contribution < -0.4 is 4.74 Å². The smallest absolute Gasteiger partial charge is 0.126 e. The minimum Gasteiger partial charge on any atom is -0.496 e. The Bertz CT molecular complexity index is 233. The standard InChI is InChI=1S/C8H9FO.C2H6/c1-6-3-4-7(9)5-8(6)10-2;1-2/h3-5H,1-2H3;1-2H3. The molecule has 1 aromatic rings. The number of halogens is 1. The van der Waals surface area contributed by atoms with Gasteiger partial charge in [-0.3, -0.25) is 0 Å². The van der Waals surface area contributed by atoms with Crippen molar-refractivity contribution in [3.63, 3.8) is 0 Å². The molecule has 0 atom stereocenters. The van der Waals surface area contributed by atoms with E-state index in [4.69, 9.17) is 4.74 Å². The summed E-state index contributed by atoms with van der Waals surface area (Å²) in [6, 6.07) is 4.47. The van der Waals surface area contributed by atoms with Crippen LogP contribution in [0.1, 0.15) is 19.4 Å². The minimum absolute atomic E-state index is 0.262. The lowest BCUT2D eigenvalue weighted by Gasteiger charge is -2.02. The molecule has 0 aliphatic heterocycles. The van der Waals surface area contributed by atoms with E-state index >= 15 is 0 Å². The summed E-state index contributed by atoms with van der Waals surface area (Å²) in [5.41, 5.74) is 0.948. The topological polar surface area (TPSA) is 9.23 Å². The normalized spacial score (nSPS) is 8.42. The molecule has 2 heteroatoms. The van der Waals surface area contributed by atoms with Crippen LogP contribution in [0.2, 0.25) is 0 Å². The molecule has 0 aliphatic carbocycles. The van der Waals surface area contributed by atoms with Crippen LogP contribution >= 0.6 is 0 Å². The van der Waals surface area contributed by atoms with Crippen molar-refractivity contribution < 1.29 is 9.13 Å². The van der Waals surface area contributed by atoms with E-state index in [9.17, 15) is 4.39 Å². The van der Waals surface area contributed by atoms with E-state index in [1.807, 2.05) is 20.8 Å². The molecule has 68 valence electrons. The highest BCUT2D eigenvalue weighted by Gasteiger charge is 1.97. The molecule has 0 saturated carbocycles. The summed E-state index contributed by atoms with van der Waals surface area (Å²) in [5, 5.41) is 0. The maximum absolute atomic E-state index is 12.5. The van der Waals surface area contributed by atoms with E-state index < -0.39 is 0 Å². The first kappa shape index (κ1) is 11.0. The SMILES string of the molecule is CC.COc1cc(F)ccc1C. The van der Waals surface area contributed by atoms with Crippen molar-refractivity contribution in [1.29, 1.82) is 0 Å². The van der Waals surface area contributed by atoms with Crippen molar-refractivity contribution in [2.24, 2.45) is 0 Å². The molecule has 1 nitrogen and oxygen atoms in total. The molecule has 0 unspecified atom stereocenters. The quantitative estimate of drug-likeness (QED) is 0.629. The Balaban J connectivity index is 0.000000561. The molecule has 0 amide bonds. The van der Waals surface area contributed by atoms with Gasteiger partial charge in [0.2, 0.25) is 0 Å². The van der Waals surface area contributed by atoms with Crippen LogP contribution in [0.4, 0.5) is 4.39 Å². The Kier molecular flexibility index (Phi) is 5.09. The molecule has 0 saturated heterocycles. The maximum atomic E-state index is 12.5. The molecule has 0 N–H and O–H groups in total. The van der Waals surface area contributed by atoms with Crippen LogP contribution in [0, 0.1) is 12.7 Å². The van der Waals surface area contributed by atoms with E-state index in [-0.39, 0.29) is 5.82 Å². The summed E-state index contributed by atoms with van der Waals surface area (Å²) < 4.78 is 17.3. The highest BCUT2D eigenvalue weighted by Crippen LogP contribution is 2.17. The average Bonchev–Trinajstić information content (AvgIpc) is 2.13. The van der Waals surface area contributed by atoms with E-state index in [0.717, 1.165) is 5.56 Å². The number of hydrogen-bond donors (Lipinski definition) is 0. The van der Waals surface area contributed by atoms with Gasteiger partial charge >= 0.3 is 0 Å². The van der Waals surface area contributed by atoms with Gasteiger partial charge in [-0.05, 0) is 18.6 Å². The van der Waals surface area contributed by atoms with Gasteiger partial charge in [0.25, 0.3) is 0 Å². The fourth-order valence-electron chi connectivity index (χ4n) is 0.794. The molecule has 0 heterocycles. The fourth-order valence-corrected chi connectivity index (χ4v) is 0.794. The molecule has 12 heavy (non-hydrogen) atoms. The van der Waals surface area contributed by atoms with Crippen LogP contribution in [0.25, 0.3) is 0 Å². The van der Waals surface area contributed by atoms with E-state index in [1.54, 1.807) is 6.07 Å². The van der Waals surface area contributed by atoms with Crippen molar-refractivity contribution >= 4 is 0 Å². The van der Waals surface area contributed by atoms with Crippen LogP contribution in [0.15, 0.2) is 18.2 Å². The average molecular weight is 170 g/mol. The molecular formula is C10H15FO. The highest BCUT2D eigenvalue weighted by atomic mass is 19.1. The van der Waals surface area contributed by atoms with Gasteiger partial charge in [-0.25, -0.2) is 4.39 Å². The lowest BCUT2D eigenvalue weighted by molar-refractivity contribution is 0.408. The molecule has 0 fully saturated rings. The zero-order valence-electron chi connectivity index (χ0n) is 8.02. The van der Waals surface area contributed by atoms with Gasteiger partial charge in [0.15, 0.2) is 0 Å². The first-order valence-corrected chi connectivity index (χ1v) is 4.04. The molecule has 0 radical (unpaired) electrons. The van der Waals surface area contributed by atoms with Gasteiger partial charge in [-0.1, -0.05) is 19.9 Å². The van der Waals surface area contributed by atoms with Crippen molar-refractivity contribution in [3.8, 4) is 5.75 Å². The van der Waals surface area contributed by atoms with Crippen molar-refractivity contribution in [1.82, 2.24) is 0 Å². The van der Waals surface area contributed by atoms with Crippen LogP contribution in [0.5, 0.6) is 5.75 Å². The maximum Gasteiger partial charge on any atom is 0.126 e. The second-order valence-corrected chi connectivity index (χ2v) is 2.11. The Morgan fingerprint density at radius 1 is 1.25 bits per heavy atom. The van der Waals surface area contributed by atoms with Gasteiger partial charge in [-0.15, -0.1) is 0 Å². The highest BCUT2D eigenvalue weighted by molar-refractivity contribution is 5.32. The number of aryl methyl sites for hydroxylation is 1. The second kappa shape index (κ2) is 5.58. The number of methoxy groups -OCH3 is 1. The van der Waals surface area contributed by atoms with Crippen molar-refractivity contribution in [2.45, 2.75) is 20.8 Å². The third kappa shape index (κ3) is 2.91. The molecular weight excluding hydrogens is 155 g/mol. The third-order valence-electron chi connectivity index (χ3n) is 1.37. The predicted molar refractivity (Wildman–Crippen MR) is 49.0 cm³/mol. The van der Waals surface area contributed by atoms with Crippen molar-refractivity contribution in [2.75, 3.05) is 7.11 Å². The Morgan fingerprint density at radius 3 is 2.25 bits per heavy atom. The Morgan fingerprint density at radius 2 is 1.83 bits per heavy atom. The summed E-state index contributed by atoms with van der Waals surface area (Å²) in [4.78, 5) is 0. The monoisotopic (exact) mass is 170 g/mol. The van der Waals surface area contributed by atoms with Crippen LogP contribution in [0.3, 0.4) is 0 Å². The van der Waals surface area contributed by atoms with E-state index in [1.165, 1.54) is 19.2 Å². The molecule has 0 bridgehead atoms. The summed E-state index contributed by atoms with van der Waals surface area (Å²) in [5.74, 6) is 0.336. The summed E-state index contributed by atoms with van der Waals surface area (Å²) in [7, 11) is 1.53. The zero-order chi connectivity index (χ0) is 9.56. The molecule has 0 aliphatic rings. The minimum atomic E-state index is -0.262. The largest absolute Gasteiger partial charge is 0.496 e. The lowest BCUT2D eigenvalue weighted by Crippen LogP contribution is -1.87. The summed E-state index contributed by atoms with van der Waals surface area (Å²) in [6.45, 7) is 5.87. The van der Waals surface area contributed by atoms with Gasteiger partial charge in [0.1, 0.15) is 11.6 Å². The Hall–Kier alpha value is -1.05. The number of rotatable bonds is 1. The van der Waals surface area contributed by atoms with Gasteiger partial charge < -0.3 is 4.74 Å². The van der Waals surface area contributed by atoms with Crippen LogP contribution in [-0.2, 0) is 0 Å². The molecule has 1 aromatic carbocycles. The molecule has 1 rings (SSSR count). The number of hydrogen-bond acceptors (Lipinski definition) is 1. The first-order chi connectivity index (χ1) is 5.74. The molecule has 0 aromatic heterocycles. The van der Waals surface area contributed by atoms with Gasteiger partial charge in [0, 0.05) is 6.07 Å². The summed E-state index contributed by atoms with van der Waals surface area (Å²) >= 11 is 0. The number of benzene rings is 1. The third-order valence-corrected chi connectivity index (χ3v) is 1.37. The van der Waals surface area contributed by atoms with E-state index in [2.05, 4.69) is 0 Å². The predicted octanol–water partition coefficient (Wildman–Crippen LogP) is 3.17. The summed E-state index contributed by atoms with van der Waals surface area (Å²) in [6.07, 6.45) is 0. The Labute approximate surface area is 73.2 Å². The zero-order valence-corrected chi connectivity index (χ0v) is 8.02. The fraction of sp³-hybridized carbons (Fsp3) is 0.400. The second-order valence-electron chi connectivity index (χ2n) is 2.11. The number of ether oxygens (including phenoxy) is 1.